The summed E-state index contributed by atoms with van der Waals surface area (Å²) in [4.78, 5) is 6.54. The molecular formula is C20H20ClN3O3. The second kappa shape index (κ2) is 7.58. The number of phenolic OH excluding ortho intramolecular Hbond substituents is 1. The predicted molar refractivity (Wildman–Crippen MR) is 102 cm³/mol. The van der Waals surface area contributed by atoms with Gasteiger partial charge in [0, 0.05) is 30.1 Å². The fourth-order valence-corrected chi connectivity index (χ4v) is 3.40. The van der Waals surface area contributed by atoms with Crippen LogP contribution in [-0.4, -0.2) is 33.3 Å². The van der Waals surface area contributed by atoms with Gasteiger partial charge in [0.1, 0.15) is 6.61 Å². The van der Waals surface area contributed by atoms with E-state index in [4.69, 9.17) is 20.9 Å². The minimum absolute atomic E-state index is 0.135. The molecule has 140 valence electrons. The predicted octanol–water partition coefficient (Wildman–Crippen LogP) is 4.05. The summed E-state index contributed by atoms with van der Waals surface area (Å²) < 4.78 is 11.1. The van der Waals surface area contributed by atoms with Crippen molar-refractivity contribution in [1.82, 2.24) is 15.0 Å². The van der Waals surface area contributed by atoms with Crippen molar-refractivity contribution in [3.63, 3.8) is 0 Å². The SMILES string of the molecule is CCc1noc(CN2CCOc3c(O)cc(-c4cccc(Cl)c4)cc3C2)n1. The van der Waals surface area contributed by atoms with E-state index in [9.17, 15) is 5.11 Å². The quantitative estimate of drug-likeness (QED) is 0.730. The van der Waals surface area contributed by atoms with E-state index in [1.807, 2.05) is 37.3 Å². The molecule has 1 N–H and O–H groups in total. The van der Waals surface area contributed by atoms with Crippen LogP contribution in [-0.2, 0) is 19.5 Å². The van der Waals surface area contributed by atoms with Crippen LogP contribution in [0.4, 0.5) is 0 Å². The van der Waals surface area contributed by atoms with Gasteiger partial charge >= 0.3 is 0 Å². The summed E-state index contributed by atoms with van der Waals surface area (Å²) in [7, 11) is 0. The van der Waals surface area contributed by atoms with Gasteiger partial charge in [0.2, 0.25) is 5.89 Å². The Morgan fingerprint density at radius 2 is 2.11 bits per heavy atom. The second-order valence-corrected chi connectivity index (χ2v) is 6.95. The molecule has 0 unspecified atom stereocenters. The van der Waals surface area contributed by atoms with E-state index < -0.39 is 0 Å². The average molecular weight is 386 g/mol. The molecule has 0 saturated heterocycles. The van der Waals surface area contributed by atoms with Crippen molar-refractivity contribution in [3.8, 4) is 22.6 Å². The molecule has 2 heterocycles. The molecule has 0 saturated carbocycles. The minimum Gasteiger partial charge on any atom is -0.504 e. The molecule has 0 spiro atoms. The summed E-state index contributed by atoms with van der Waals surface area (Å²) in [5, 5.41) is 15.1. The number of hydrogen-bond acceptors (Lipinski definition) is 6. The van der Waals surface area contributed by atoms with Crippen LogP contribution in [0.5, 0.6) is 11.5 Å². The van der Waals surface area contributed by atoms with E-state index in [0.29, 0.717) is 48.7 Å². The van der Waals surface area contributed by atoms with Crippen LogP contribution >= 0.6 is 11.6 Å². The molecule has 6 nitrogen and oxygen atoms in total. The lowest BCUT2D eigenvalue weighted by Gasteiger charge is -2.17. The van der Waals surface area contributed by atoms with Crippen LogP contribution in [0.15, 0.2) is 40.9 Å². The normalized spacial score (nSPS) is 14.4. The summed E-state index contributed by atoms with van der Waals surface area (Å²) in [6.45, 7) is 4.32. The molecule has 0 amide bonds. The van der Waals surface area contributed by atoms with Gasteiger partial charge in [0.25, 0.3) is 0 Å². The lowest BCUT2D eigenvalue weighted by Crippen LogP contribution is -2.25. The monoisotopic (exact) mass is 385 g/mol. The van der Waals surface area contributed by atoms with E-state index in [0.717, 1.165) is 23.1 Å². The van der Waals surface area contributed by atoms with Gasteiger partial charge in [-0.3, -0.25) is 4.90 Å². The molecule has 1 aliphatic heterocycles. The number of fused-ring (bicyclic) bond motifs is 1. The van der Waals surface area contributed by atoms with Crippen molar-refractivity contribution in [2.45, 2.75) is 26.4 Å². The van der Waals surface area contributed by atoms with E-state index in [2.05, 4.69) is 15.0 Å². The molecular weight excluding hydrogens is 366 g/mol. The fourth-order valence-electron chi connectivity index (χ4n) is 3.21. The van der Waals surface area contributed by atoms with E-state index in [1.165, 1.54) is 0 Å². The fraction of sp³-hybridized carbons (Fsp3) is 0.300. The number of phenols is 1. The van der Waals surface area contributed by atoms with Crippen LogP contribution < -0.4 is 4.74 Å². The van der Waals surface area contributed by atoms with Crippen LogP contribution in [0, 0.1) is 0 Å². The maximum atomic E-state index is 10.5. The molecule has 0 atom stereocenters. The van der Waals surface area contributed by atoms with Crippen LogP contribution in [0.25, 0.3) is 11.1 Å². The van der Waals surface area contributed by atoms with Crippen molar-refractivity contribution >= 4 is 11.6 Å². The average Bonchev–Trinajstić information content (AvgIpc) is 3.00. The van der Waals surface area contributed by atoms with Gasteiger partial charge in [-0.15, -0.1) is 0 Å². The first kappa shape index (κ1) is 17.8. The Balaban J connectivity index is 1.62. The van der Waals surface area contributed by atoms with Gasteiger partial charge in [-0.1, -0.05) is 35.8 Å². The van der Waals surface area contributed by atoms with Gasteiger partial charge in [-0.05, 0) is 35.4 Å². The topological polar surface area (TPSA) is 71.6 Å². The van der Waals surface area contributed by atoms with Crippen LogP contribution in [0.2, 0.25) is 5.02 Å². The molecule has 0 bridgehead atoms. The highest BCUT2D eigenvalue weighted by Gasteiger charge is 2.21. The van der Waals surface area contributed by atoms with Crippen molar-refractivity contribution in [3.05, 3.63) is 58.7 Å². The molecule has 1 aliphatic rings. The zero-order chi connectivity index (χ0) is 18.8. The Morgan fingerprint density at radius 3 is 2.89 bits per heavy atom. The first-order valence-corrected chi connectivity index (χ1v) is 9.28. The molecule has 0 fully saturated rings. The number of aromatic nitrogens is 2. The van der Waals surface area contributed by atoms with Crippen LogP contribution in [0.3, 0.4) is 0 Å². The molecule has 1 aromatic heterocycles. The van der Waals surface area contributed by atoms with Crippen molar-refractivity contribution in [2.75, 3.05) is 13.2 Å². The maximum Gasteiger partial charge on any atom is 0.240 e. The Bertz CT molecular complexity index is 957. The third-order valence-corrected chi connectivity index (χ3v) is 4.77. The molecule has 2 aromatic carbocycles. The van der Waals surface area contributed by atoms with Gasteiger partial charge in [-0.25, -0.2) is 0 Å². The van der Waals surface area contributed by atoms with E-state index in [1.54, 1.807) is 6.07 Å². The Kier molecular flexibility index (Phi) is 5.01. The number of aryl methyl sites for hydroxylation is 1. The first-order valence-electron chi connectivity index (χ1n) is 8.91. The Hall–Kier alpha value is -2.57. The number of aromatic hydroxyl groups is 1. The smallest absolute Gasteiger partial charge is 0.240 e. The van der Waals surface area contributed by atoms with Crippen molar-refractivity contribution < 1.29 is 14.4 Å². The largest absolute Gasteiger partial charge is 0.504 e. The summed E-state index contributed by atoms with van der Waals surface area (Å²) >= 11 is 6.11. The highest BCUT2D eigenvalue weighted by Crippen LogP contribution is 2.38. The van der Waals surface area contributed by atoms with E-state index >= 15 is 0 Å². The first-order chi connectivity index (χ1) is 13.1. The highest BCUT2D eigenvalue weighted by molar-refractivity contribution is 6.30. The van der Waals surface area contributed by atoms with Gasteiger partial charge in [0.15, 0.2) is 17.3 Å². The van der Waals surface area contributed by atoms with Gasteiger partial charge in [-0.2, -0.15) is 4.98 Å². The molecule has 7 heteroatoms. The number of nitrogens with zero attached hydrogens (tertiary/aromatic N) is 3. The number of rotatable bonds is 4. The molecule has 27 heavy (non-hydrogen) atoms. The number of halogens is 1. The number of ether oxygens (including phenoxy) is 1. The molecule has 0 radical (unpaired) electrons. The second-order valence-electron chi connectivity index (χ2n) is 6.51. The molecule has 3 aromatic rings. The maximum absolute atomic E-state index is 10.5. The van der Waals surface area contributed by atoms with Gasteiger partial charge in [0.05, 0.1) is 6.54 Å². The number of benzene rings is 2. The lowest BCUT2D eigenvalue weighted by atomic mass is 10.0. The Morgan fingerprint density at radius 1 is 1.22 bits per heavy atom. The van der Waals surface area contributed by atoms with Crippen molar-refractivity contribution in [2.24, 2.45) is 0 Å². The zero-order valence-electron chi connectivity index (χ0n) is 15.0. The Labute approximate surface area is 162 Å². The third-order valence-electron chi connectivity index (χ3n) is 4.54. The lowest BCUT2D eigenvalue weighted by molar-refractivity contribution is 0.195. The summed E-state index contributed by atoms with van der Waals surface area (Å²) in [6.07, 6.45) is 0.742. The standard InChI is InChI=1S/C20H20ClN3O3/c1-2-18-22-19(27-23-18)12-24-6-7-26-20-15(11-24)8-14(10-17(20)25)13-4-3-5-16(21)9-13/h3-5,8-10,25H,2,6-7,11-12H2,1H3. The molecule has 0 aliphatic carbocycles. The highest BCUT2D eigenvalue weighted by atomic mass is 35.5. The summed E-state index contributed by atoms with van der Waals surface area (Å²) in [5.41, 5.74) is 2.75. The zero-order valence-corrected chi connectivity index (χ0v) is 15.7. The van der Waals surface area contributed by atoms with Gasteiger partial charge < -0.3 is 14.4 Å². The summed E-state index contributed by atoms with van der Waals surface area (Å²) in [5.74, 6) is 1.96. The molecule has 4 rings (SSSR count). The van der Waals surface area contributed by atoms with E-state index in [-0.39, 0.29) is 5.75 Å². The summed E-state index contributed by atoms with van der Waals surface area (Å²) in [6, 6.07) is 11.3. The third kappa shape index (κ3) is 3.91. The van der Waals surface area contributed by atoms with Crippen LogP contribution in [0.1, 0.15) is 24.2 Å². The number of hydrogen-bond donors (Lipinski definition) is 1. The van der Waals surface area contributed by atoms with Crippen molar-refractivity contribution in [1.29, 1.82) is 0 Å². The minimum atomic E-state index is 0.135.